The lowest BCUT2D eigenvalue weighted by Crippen LogP contribution is -2.31. The van der Waals surface area contributed by atoms with E-state index in [4.69, 9.17) is 17.3 Å². The second-order valence-corrected chi connectivity index (χ2v) is 5.96. The number of nitrogens with zero attached hydrogens (tertiary/aromatic N) is 1. The predicted molar refractivity (Wildman–Crippen MR) is 85.5 cm³/mol. The van der Waals surface area contributed by atoms with E-state index in [2.05, 4.69) is 5.32 Å². The summed E-state index contributed by atoms with van der Waals surface area (Å²) in [6, 6.07) is 4.63. The molecule has 5 nitrogen and oxygen atoms in total. The van der Waals surface area contributed by atoms with Gasteiger partial charge >= 0.3 is 0 Å². The summed E-state index contributed by atoms with van der Waals surface area (Å²) < 4.78 is 0. The van der Waals surface area contributed by atoms with Gasteiger partial charge in [-0.05, 0) is 24.1 Å². The smallest absolute Gasteiger partial charge is 0.254 e. The first-order valence-electron chi connectivity index (χ1n) is 6.79. The van der Waals surface area contributed by atoms with Crippen molar-refractivity contribution >= 4 is 29.1 Å². The van der Waals surface area contributed by atoms with Gasteiger partial charge in [0.2, 0.25) is 5.91 Å². The maximum atomic E-state index is 12.0. The number of nitrogens with one attached hydrogen (secondary N) is 1. The zero-order chi connectivity index (χ0) is 16.2. The second kappa shape index (κ2) is 7.43. The average molecular weight is 312 g/mol. The van der Waals surface area contributed by atoms with Crippen molar-refractivity contribution in [2.45, 2.75) is 26.3 Å². The third kappa shape index (κ3) is 5.02. The van der Waals surface area contributed by atoms with Gasteiger partial charge < -0.3 is 16.0 Å². The average Bonchev–Trinajstić information content (AvgIpc) is 2.39. The summed E-state index contributed by atoms with van der Waals surface area (Å²) in [5.74, 6) is -0.163. The van der Waals surface area contributed by atoms with Crippen LogP contribution in [0.3, 0.4) is 0 Å². The van der Waals surface area contributed by atoms with Gasteiger partial charge in [0.1, 0.15) is 0 Å². The molecule has 1 rings (SSSR count). The summed E-state index contributed by atoms with van der Waals surface area (Å²) in [5, 5.41) is 3.09. The molecule has 1 aromatic rings. The van der Waals surface area contributed by atoms with Gasteiger partial charge in [-0.25, -0.2) is 0 Å². The first-order valence-corrected chi connectivity index (χ1v) is 7.16. The zero-order valence-corrected chi connectivity index (χ0v) is 13.6. The van der Waals surface area contributed by atoms with Crippen LogP contribution in [-0.2, 0) is 4.79 Å². The Morgan fingerprint density at radius 3 is 2.48 bits per heavy atom. The Morgan fingerprint density at radius 2 is 1.95 bits per heavy atom. The fourth-order valence-corrected chi connectivity index (χ4v) is 1.87. The summed E-state index contributed by atoms with van der Waals surface area (Å²) in [5.41, 5.74) is 6.76. The molecule has 0 spiro atoms. The molecule has 0 bridgehead atoms. The zero-order valence-electron chi connectivity index (χ0n) is 12.8. The Morgan fingerprint density at radius 1 is 1.33 bits per heavy atom. The van der Waals surface area contributed by atoms with Crippen LogP contribution in [0.1, 0.15) is 30.6 Å². The van der Waals surface area contributed by atoms with Crippen LogP contribution in [0.25, 0.3) is 0 Å². The molecule has 0 heterocycles. The van der Waals surface area contributed by atoms with E-state index in [9.17, 15) is 9.59 Å². The van der Waals surface area contributed by atoms with Crippen molar-refractivity contribution in [2.75, 3.05) is 19.4 Å². The molecular weight excluding hydrogens is 290 g/mol. The molecule has 0 aliphatic carbocycles. The van der Waals surface area contributed by atoms with Crippen molar-refractivity contribution in [1.82, 2.24) is 4.90 Å². The Bertz CT molecular complexity index is 530. The Kier molecular flexibility index (Phi) is 6.18. The molecule has 1 unspecified atom stereocenters. The van der Waals surface area contributed by atoms with E-state index >= 15 is 0 Å². The monoisotopic (exact) mass is 311 g/mol. The van der Waals surface area contributed by atoms with Gasteiger partial charge in [-0.15, -0.1) is 0 Å². The van der Waals surface area contributed by atoms with E-state index in [0.29, 0.717) is 16.3 Å². The highest BCUT2D eigenvalue weighted by atomic mass is 35.5. The van der Waals surface area contributed by atoms with Crippen molar-refractivity contribution in [3.05, 3.63) is 28.8 Å². The minimum absolute atomic E-state index is 0.179. The van der Waals surface area contributed by atoms with Gasteiger partial charge in [-0.2, -0.15) is 0 Å². The van der Waals surface area contributed by atoms with Crippen molar-refractivity contribution in [2.24, 2.45) is 11.7 Å². The van der Waals surface area contributed by atoms with Crippen LogP contribution < -0.4 is 11.1 Å². The summed E-state index contributed by atoms with van der Waals surface area (Å²) in [6.45, 7) is 3.93. The largest absolute Gasteiger partial charge is 0.345 e. The molecular formula is C15H22ClN3O2. The van der Waals surface area contributed by atoms with Crippen LogP contribution in [0.4, 0.5) is 5.69 Å². The van der Waals surface area contributed by atoms with Crippen LogP contribution in [0.5, 0.6) is 0 Å². The molecule has 21 heavy (non-hydrogen) atoms. The van der Waals surface area contributed by atoms with E-state index in [1.165, 1.54) is 4.90 Å². The van der Waals surface area contributed by atoms with Crippen LogP contribution in [0.15, 0.2) is 18.2 Å². The number of amides is 2. The lowest BCUT2D eigenvalue weighted by molar-refractivity contribution is -0.116. The normalized spacial score (nSPS) is 12.1. The molecule has 0 aliphatic rings. The number of rotatable bonds is 5. The molecule has 0 saturated carbocycles. The van der Waals surface area contributed by atoms with Gasteiger partial charge in [0, 0.05) is 32.2 Å². The summed E-state index contributed by atoms with van der Waals surface area (Å²) >= 11 is 6.02. The molecule has 0 fully saturated rings. The maximum Gasteiger partial charge on any atom is 0.254 e. The number of halogens is 1. The van der Waals surface area contributed by atoms with Gasteiger partial charge in [0.15, 0.2) is 0 Å². The standard InChI is InChI=1S/C15H22ClN3O2/c1-9(2)13(17)8-14(20)18-10-5-6-12(16)11(7-10)15(21)19(3)4/h5-7,9,13H,8,17H2,1-4H3,(H,18,20). The number of benzene rings is 1. The number of carbonyl (C=O) groups is 2. The molecule has 0 radical (unpaired) electrons. The molecule has 0 aromatic heterocycles. The molecule has 0 aliphatic heterocycles. The highest BCUT2D eigenvalue weighted by Crippen LogP contribution is 2.22. The molecule has 1 atom stereocenters. The third-order valence-electron chi connectivity index (χ3n) is 3.16. The van der Waals surface area contributed by atoms with E-state index in [1.807, 2.05) is 13.8 Å². The quantitative estimate of drug-likeness (QED) is 0.876. The predicted octanol–water partition coefficient (Wildman–Crippen LogP) is 2.35. The lowest BCUT2D eigenvalue weighted by atomic mass is 10.0. The summed E-state index contributed by atoms with van der Waals surface area (Å²) in [4.78, 5) is 25.3. The fraction of sp³-hybridized carbons (Fsp3) is 0.467. The van der Waals surface area contributed by atoms with Crippen molar-refractivity contribution in [3.8, 4) is 0 Å². The van der Waals surface area contributed by atoms with Gasteiger partial charge in [0.25, 0.3) is 5.91 Å². The van der Waals surface area contributed by atoms with Crippen LogP contribution >= 0.6 is 11.6 Å². The minimum Gasteiger partial charge on any atom is -0.345 e. The van der Waals surface area contributed by atoms with Crippen LogP contribution in [-0.4, -0.2) is 36.9 Å². The fourth-order valence-electron chi connectivity index (χ4n) is 1.67. The van der Waals surface area contributed by atoms with E-state index in [0.717, 1.165) is 0 Å². The molecule has 6 heteroatoms. The molecule has 116 valence electrons. The molecule has 2 amide bonds. The minimum atomic E-state index is -0.213. The third-order valence-corrected chi connectivity index (χ3v) is 3.49. The highest BCUT2D eigenvalue weighted by Gasteiger charge is 2.16. The SMILES string of the molecule is CC(C)C(N)CC(=O)Nc1ccc(Cl)c(C(=O)N(C)C)c1. The topological polar surface area (TPSA) is 75.4 Å². The number of nitrogens with two attached hydrogens (primary N) is 1. The van der Waals surface area contributed by atoms with Crippen molar-refractivity contribution in [1.29, 1.82) is 0 Å². The molecule has 0 saturated heterocycles. The van der Waals surface area contributed by atoms with E-state index in [1.54, 1.807) is 32.3 Å². The number of hydrogen-bond donors (Lipinski definition) is 2. The lowest BCUT2D eigenvalue weighted by Gasteiger charge is -2.16. The van der Waals surface area contributed by atoms with Gasteiger partial charge in [0.05, 0.1) is 10.6 Å². The van der Waals surface area contributed by atoms with E-state index < -0.39 is 0 Å². The first-order chi connectivity index (χ1) is 9.72. The first kappa shape index (κ1) is 17.5. The summed E-state index contributed by atoms with van der Waals surface area (Å²) in [6.07, 6.45) is 0.233. The molecule has 1 aromatic carbocycles. The maximum absolute atomic E-state index is 12.0. The van der Waals surface area contributed by atoms with Crippen molar-refractivity contribution in [3.63, 3.8) is 0 Å². The summed E-state index contributed by atoms with van der Waals surface area (Å²) in [7, 11) is 3.29. The number of carbonyl (C=O) groups excluding carboxylic acids is 2. The molecule has 3 N–H and O–H groups in total. The van der Waals surface area contributed by atoms with Crippen molar-refractivity contribution < 1.29 is 9.59 Å². The Hall–Kier alpha value is -1.59. The van der Waals surface area contributed by atoms with E-state index in [-0.39, 0.29) is 30.2 Å². The van der Waals surface area contributed by atoms with Crippen LogP contribution in [0, 0.1) is 5.92 Å². The second-order valence-electron chi connectivity index (χ2n) is 5.55. The number of anilines is 1. The van der Waals surface area contributed by atoms with Gasteiger partial charge in [-0.3, -0.25) is 9.59 Å². The highest BCUT2D eigenvalue weighted by molar-refractivity contribution is 6.34. The van der Waals surface area contributed by atoms with Crippen LogP contribution in [0.2, 0.25) is 5.02 Å². The Labute approximate surface area is 130 Å². The number of hydrogen-bond acceptors (Lipinski definition) is 3. The Balaban J connectivity index is 2.83. The van der Waals surface area contributed by atoms with Gasteiger partial charge in [-0.1, -0.05) is 25.4 Å².